The van der Waals surface area contributed by atoms with Gasteiger partial charge >= 0.3 is 12.4 Å². The van der Waals surface area contributed by atoms with Crippen molar-refractivity contribution in [3.63, 3.8) is 0 Å². The Morgan fingerprint density at radius 1 is 0.804 bits per heavy atom. The second-order valence-electron chi connectivity index (χ2n) is 10.1. The Labute approximate surface area is 294 Å². The van der Waals surface area contributed by atoms with E-state index in [1.54, 1.807) is 18.3 Å². The molecule has 0 spiro atoms. The van der Waals surface area contributed by atoms with Gasteiger partial charge in [-0.15, -0.1) is 0 Å². The maximum atomic E-state index is 13.5. The number of nitrogens with zero attached hydrogens (tertiary/aromatic N) is 4. The van der Waals surface area contributed by atoms with Gasteiger partial charge in [0.05, 0.1) is 29.7 Å². The zero-order chi connectivity index (χ0) is 38.0. The summed E-state index contributed by atoms with van der Waals surface area (Å²) in [6.45, 7) is 0. The third-order valence-corrected chi connectivity index (χ3v) is 7.08. The van der Waals surface area contributed by atoms with Crippen molar-refractivity contribution < 1.29 is 50.6 Å². The number of pyridine rings is 2. The fourth-order valence-electron chi connectivity index (χ4n) is 3.96. The molecule has 1 atom stereocenters. The molecule has 51 heavy (non-hydrogen) atoms. The SMILES string of the molecule is NNC(=O)c1cccnc1.O=C(CC(=O)C(F)(F)F)c1ccc(Cl)cc1.O=C(c1cccnc1)N1N=C(c2ccc(Cl)cc2)CC1(O)C(F)(F)F. The van der Waals surface area contributed by atoms with E-state index in [1.807, 2.05) is 5.43 Å². The molecule has 4 N–H and O–H groups in total. The Morgan fingerprint density at radius 3 is 1.76 bits per heavy atom. The van der Waals surface area contributed by atoms with E-state index in [4.69, 9.17) is 29.0 Å². The molecule has 1 aliphatic rings. The first-order chi connectivity index (χ1) is 23.9. The van der Waals surface area contributed by atoms with Crippen LogP contribution in [0.4, 0.5) is 26.3 Å². The van der Waals surface area contributed by atoms with Crippen molar-refractivity contribution in [1.82, 2.24) is 20.4 Å². The van der Waals surface area contributed by atoms with Crippen LogP contribution >= 0.6 is 23.2 Å². The van der Waals surface area contributed by atoms with Gasteiger partial charge < -0.3 is 5.11 Å². The number of hydrazine groups is 1. The van der Waals surface area contributed by atoms with Crippen LogP contribution in [0.1, 0.15) is 49.5 Å². The first kappa shape index (κ1) is 40.2. The zero-order valence-corrected chi connectivity index (χ0v) is 27.1. The number of amides is 2. The first-order valence-corrected chi connectivity index (χ1v) is 14.8. The number of aliphatic hydroxyl groups is 1. The largest absolute Gasteiger partial charge is 0.450 e. The molecule has 0 fully saturated rings. The molecule has 19 heteroatoms. The number of nitrogen functional groups attached to an aromatic ring is 1. The summed E-state index contributed by atoms with van der Waals surface area (Å²) in [5.74, 6) is 0.526. The smallest absolute Gasteiger partial charge is 0.362 e. The van der Waals surface area contributed by atoms with Gasteiger partial charge in [0.2, 0.25) is 5.78 Å². The van der Waals surface area contributed by atoms with Crippen LogP contribution in [-0.2, 0) is 4.79 Å². The van der Waals surface area contributed by atoms with Crippen molar-refractivity contribution in [1.29, 1.82) is 0 Å². The van der Waals surface area contributed by atoms with E-state index in [9.17, 15) is 50.6 Å². The van der Waals surface area contributed by atoms with Crippen LogP contribution in [-0.4, -0.2) is 67.3 Å². The molecule has 0 saturated heterocycles. The lowest BCUT2D eigenvalue weighted by molar-refractivity contribution is -0.297. The molecule has 11 nitrogen and oxygen atoms in total. The predicted molar refractivity (Wildman–Crippen MR) is 171 cm³/mol. The number of Topliss-reactive ketones (excluding diaryl/α,β-unsaturated/α-hetero) is 2. The first-order valence-electron chi connectivity index (χ1n) is 14.0. The monoisotopic (exact) mass is 756 g/mol. The van der Waals surface area contributed by atoms with Crippen molar-refractivity contribution in [2.45, 2.75) is 30.9 Å². The van der Waals surface area contributed by atoms with Gasteiger partial charge in [0.25, 0.3) is 17.5 Å². The summed E-state index contributed by atoms with van der Waals surface area (Å²) in [4.78, 5) is 52.4. The van der Waals surface area contributed by atoms with Crippen molar-refractivity contribution in [2.75, 3.05) is 0 Å². The number of alkyl halides is 6. The van der Waals surface area contributed by atoms with Crippen LogP contribution in [0.15, 0.2) is 103 Å². The van der Waals surface area contributed by atoms with Crippen LogP contribution in [0.2, 0.25) is 10.0 Å². The molecule has 0 radical (unpaired) electrons. The second-order valence-corrected chi connectivity index (χ2v) is 11.0. The summed E-state index contributed by atoms with van der Waals surface area (Å²) in [5.41, 5.74) is -0.808. The average Bonchev–Trinajstić information content (AvgIpc) is 3.47. The van der Waals surface area contributed by atoms with Gasteiger partial charge in [0.1, 0.15) is 0 Å². The van der Waals surface area contributed by atoms with Crippen LogP contribution in [0.3, 0.4) is 0 Å². The van der Waals surface area contributed by atoms with Crippen molar-refractivity contribution in [3.8, 4) is 0 Å². The van der Waals surface area contributed by atoms with E-state index in [1.165, 1.54) is 73.1 Å². The van der Waals surface area contributed by atoms with E-state index in [-0.39, 0.29) is 27.8 Å². The number of nitrogens with one attached hydrogen (secondary N) is 1. The molecule has 1 aliphatic heterocycles. The normalized spacial score (nSPS) is 15.3. The van der Waals surface area contributed by atoms with Crippen molar-refractivity contribution in [2.24, 2.45) is 10.9 Å². The molecule has 2 aromatic heterocycles. The number of hydrogen-bond acceptors (Lipinski definition) is 9. The van der Waals surface area contributed by atoms with Crippen LogP contribution in [0.25, 0.3) is 0 Å². The number of halogens is 8. The summed E-state index contributed by atoms with van der Waals surface area (Å²) in [6.07, 6.45) is -6.61. The average molecular weight is 757 g/mol. The fourth-order valence-corrected chi connectivity index (χ4v) is 4.21. The third-order valence-electron chi connectivity index (χ3n) is 6.58. The number of hydrogen-bond donors (Lipinski definition) is 3. The number of benzene rings is 2. The molecular formula is C32H24Cl2F6N6O5. The summed E-state index contributed by atoms with van der Waals surface area (Å²) < 4.78 is 76.0. The van der Waals surface area contributed by atoms with Gasteiger partial charge in [0, 0.05) is 40.4 Å². The highest BCUT2D eigenvalue weighted by Crippen LogP contribution is 2.42. The van der Waals surface area contributed by atoms with Crippen LogP contribution in [0.5, 0.6) is 0 Å². The predicted octanol–water partition coefficient (Wildman–Crippen LogP) is 5.97. The fraction of sp³-hybridized carbons (Fsp3) is 0.156. The zero-order valence-electron chi connectivity index (χ0n) is 25.6. The van der Waals surface area contributed by atoms with Gasteiger partial charge in [-0.25, -0.2) is 5.84 Å². The lowest BCUT2D eigenvalue weighted by Gasteiger charge is -2.32. The minimum Gasteiger partial charge on any atom is -0.362 e. The highest BCUT2D eigenvalue weighted by molar-refractivity contribution is 6.31. The Kier molecular flexibility index (Phi) is 13.5. The molecule has 2 amide bonds. The van der Waals surface area contributed by atoms with Crippen LogP contribution < -0.4 is 11.3 Å². The number of ketones is 2. The molecular weight excluding hydrogens is 733 g/mol. The van der Waals surface area contributed by atoms with E-state index < -0.39 is 48.4 Å². The van der Waals surface area contributed by atoms with Gasteiger partial charge in [-0.3, -0.25) is 34.6 Å². The molecule has 0 saturated carbocycles. The summed E-state index contributed by atoms with van der Waals surface area (Å²) in [6, 6.07) is 17.2. The molecule has 5 rings (SSSR count). The highest BCUT2D eigenvalue weighted by atomic mass is 35.5. The van der Waals surface area contributed by atoms with Gasteiger partial charge in [-0.2, -0.15) is 36.5 Å². The molecule has 2 aromatic carbocycles. The standard InChI is InChI=1S/C16H11ClF3N3O2.C10H6ClF3O2.C6H7N3O/c17-12-5-3-10(4-6-12)13-8-15(25,16(18,19)20)23(22-13)14(24)11-2-1-7-21-9-11;11-7-3-1-6(2-4-7)8(15)5-9(16)10(12,13)14;7-9-6(10)5-2-1-3-8-4-5/h1-7,9,25H,8H2;1-4H,5H2;1-4H,7H2,(H,9,10). The van der Waals surface area contributed by atoms with E-state index >= 15 is 0 Å². The summed E-state index contributed by atoms with van der Waals surface area (Å²) >= 11 is 11.3. The van der Waals surface area contributed by atoms with Crippen LogP contribution in [0, 0.1) is 0 Å². The van der Waals surface area contributed by atoms with Gasteiger partial charge in [-0.1, -0.05) is 35.3 Å². The number of carbonyl (C=O) groups is 4. The second kappa shape index (κ2) is 17.1. The third kappa shape index (κ3) is 10.9. The lowest BCUT2D eigenvalue weighted by atomic mass is 10.0. The van der Waals surface area contributed by atoms with Crippen molar-refractivity contribution in [3.05, 3.63) is 130 Å². The summed E-state index contributed by atoms with van der Waals surface area (Å²) in [5, 5.41) is 14.8. The number of carbonyl (C=O) groups excluding carboxylic acids is 4. The molecule has 0 aliphatic carbocycles. The number of hydrazone groups is 1. The topological polar surface area (TPSA) is 168 Å². The van der Waals surface area contributed by atoms with E-state index in [2.05, 4.69) is 15.1 Å². The van der Waals surface area contributed by atoms with Gasteiger partial charge in [0.15, 0.2) is 5.78 Å². The Bertz CT molecular complexity index is 1860. The molecule has 268 valence electrons. The van der Waals surface area contributed by atoms with E-state index in [0.717, 1.165) is 6.20 Å². The van der Waals surface area contributed by atoms with Gasteiger partial charge in [-0.05, 0) is 66.2 Å². The molecule has 4 aromatic rings. The minimum atomic E-state index is -5.09. The number of aromatic nitrogens is 2. The Morgan fingerprint density at radius 2 is 1.31 bits per heavy atom. The highest BCUT2D eigenvalue weighted by Gasteiger charge is 2.63. The minimum absolute atomic E-state index is 0.0296. The number of rotatable bonds is 6. The quantitative estimate of drug-likeness (QED) is 0.0541. The maximum absolute atomic E-state index is 13.5. The molecule has 3 heterocycles. The van der Waals surface area contributed by atoms with Crippen molar-refractivity contribution >= 4 is 52.3 Å². The van der Waals surface area contributed by atoms with E-state index in [0.29, 0.717) is 21.2 Å². The molecule has 0 bridgehead atoms. The number of nitrogens with two attached hydrogens (primary N) is 1. The Balaban J connectivity index is 0.000000230. The maximum Gasteiger partial charge on any atom is 0.450 e. The molecule has 1 unspecified atom stereocenters. The Hall–Kier alpha value is -5.23. The lowest BCUT2D eigenvalue weighted by Crippen LogP contribution is -2.56. The summed E-state index contributed by atoms with van der Waals surface area (Å²) in [7, 11) is 0.